The molecule has 2 N–H and O–H groups in total. The number of unbranched alkanes of at least 4 members (excludes halogenated alkanes) is 1. The van der Waals surface area contributed by atoms with Gasteiger partial charge in [-0.1, -0.05) is 13.3 Å². The summed E-state index contributed by atoms with van der Waals surface area (Å²) in [7, 11) is 0. The summed E-state index contributed by atoms with van der Waals surface area (Å²) in [4.78, 5) is 4.42. The predicted octanol–water partition coefficient (Wildman–Crippen LogP) is 2.38. The van der Waals surface area contributed by atoms with E-state index >= 15 is 0 Å². The molecule has 4 nitrogen and oxygen atoms in total. The molecule has 0 saturated heterocycles. The highest BCUT2D eigenvalue weighted by Crippen LogP contribution is 1.87. The van der Waals surface area contributed by atoms with Crippen molar-refractivity contribution in [2.75, 3.05) is 26.3 Å². The van der Waals surface area contributed by atoms with E-state index in [4.69, 9.17) is 4.74 Å². The Morgan fingerprint density at radius 3 is 2.47 bits per heavy atom. The Morgan fingerprint density at radius 2 is 1.94 bits per heavy atom. The fourth-order valence-electron chi connectivity index (χ4n) is 1.16. The van der Waals surface area contributed by atoms with Crippen LogP contribution in [0.3, 0.4) is 0 Å². The molecular weight excluding hydrogens is 329 g/mol. The fraction of sp³-hybridized carbons (Fsp3) is 0.917. The first-order chi connectivity index (χ1) is 7.70. The Balaban J connectivity index is 0. The normalized spacial score (nSPS) is 11.2. The lowest BCUT2D eigenvalue weighted by molar-refractivity contribution is 0.139. The van der Waals surface area contributed by atoms with Crippen molar-refractivity contribution < 1.29 is 4.74 Å². The van der Waals surface area contributed by atoms with Crippen molar-refractivity contribution in [3.05, 3.63) is 0 Å². The largest absolute Gasteiger partial charge is 0.380 e. The highest BCUT2D eigenvalue weighted by atomic mass is 127. The van der Waals surface area contributed by atoms with Gasteiger partial charge in [0.15, 0.2) is 5.96 Å². The summed E-state index contributed by atoms with van der Waals surface area (Å²) in [5, 5.41) is 6.47. The van der Waals surface area contributed by atoms with Gasteiger partial charge in [0.2, 0.25) is 0 Å². The Kier molecular flexibility index (Phi) is 15.9. The zero-order valence-corrected chi connectivity index (χ0v) is 13.9. The highest BCUT2D eigenvalue weighted by molar-refractivity contribution is 14.0. The summed E-state index contributed by atoms with van der Waals surface area (Å²) in [6, 6.07) is 0.402. The minimum absolute atomic E-state index is 0. The van der Waals surface area contributed by atoms with E-state index in [1.54, 1.807) is 0 Å². The van der Waals surface area contributed by atoms with Gasteiger partial charge in [-0.2, -0.15) is 0 Å². The molecular formula is C12H28IN3O. The fourth-order valence-corrected chi connectivity index (χ4v) is 1.16. The molecule has 0 atom stereocenters. The lowest BCUT2D eigenvalue weighted by Crippen LogP contribution is -2.41. The first-order valence-electron chi connectivity index (χ1n) is 6.33. The maximum absolute atomic E-state index is 5.44. The molecule has 104 valence electrons. The van der Waals surface area contributed by atoms with Gasteiger partial charge in [-0.15, -0.1) is 24.0 Å². The third-order valence-electron chi connectivity index (χ3n) is 1.92. The van der Waals surface area contributed by atoms with Crippen LogP contribution in [-0.4, -0.2) is 38.3 Å². The number of hydrogen-bond donors (Lipinski definition) is 2. The van der Waals surface area contributed by atoms with Crippen molar-refractivity contribution in [1.29, 1.82) is 0 Å². The third kappa shape index (κ3) is 13.9. The van der Waals surface area contributed by atoms with Gasteiger partial charge in [-0.3, -0.25) is 4.99 Å². The monoisotopic (exact) mass is 357 g/mol. The Hall–Kier alpha value is -0.0400. The lowest BCUT2D eigenvalue weighted by atomic mass is 10.4. The number of rotatable bonds is 8. The Bertz CT molecular complexity index is 187. The van der Waals surface area contributed by atoms with E-state index in [9.17, 15) is 0 Å². The molecule has 17 heavy (non-hydrogen) atoms. The summed E-state index contributed by atoms with van der Waals surface area (Å²) in [5.41, 5.74) is 0. The zero-order valence-electron chi connectivity index (χ0n) is 11.6. The van der Waals surface area contributed by atoms with Crippen molar-refractivity contribution in [3.63, 3.8) is 0 Å². The number of guanidine groups is 1. The average Bonchev–Trinajstić information content (AvgIpc) is 2.22. The molecule has 0 aliphatic rings. The van der Waals surface area contributed by atoms with Gasteiger partial charge < -0.3 is 15.4 Å². The van der Waals surface area contributed by atoms with Crippen LogP contribution in [0.15, 0.2) is 4.99 Å². The van der Waals surface area contributed by atoms with Crippen LogP contribution in [0.1, 0.15) is 40.5 Å². The molecule has 0 aliphatic heterocycles. The van der Waals surface area contributed by atoms with Gasteiger partial charge in [0, 0.05) is 19.2 Å². The van der Waals surface area contributed by atoms with E-state index in [-0.39, 0.29) is 24.0 Å². The maximum atomic E-state index is 5.44. The average molecular weight is 357 g/mol. The first-order valence-corrected chi connectivity index (χ1v) is 6.33. The number of ether oxygens (including phenoxy) is 1. The molecule has 5 heteroatoms. The van der Waals surface area contributed by atoms with E-state index < -0.39 is 0 Å². The maximum Gasteiger partial charge on any atom is 0.191 e. The zero-order chi connectivity index (χ0) is 12.2. The molecule has 0 aromatic rings. The minimum Gasteiger partial charge on any atom is -0.380 e. The molecule has 0 amide bonds. The summed E-state index contributed by atoms with van der Waals surface area (Å²) < 4.78 is 5.44. The molecule has 0 unspecified atom stereocenters. The van der Waals surface area contributed by atoms with Crippen LogP contribution in [0.5, 0.6) is 0 Å². The van der Waals surface area contributed by atoms with Gasteiger partial charge in [0.25, 0.3) is 0 Å². The highest BCUT2D eigenvalue weighted by Gasteiger charge is 1.98. The predicted molar refractivity (Wildman–Crippen MR) is 85.4 cm³/mol. The Morgan fingerprint density at radius 1 is 1.24 bits per heavy atom. The second-order valence-electron chi connectivity index (χ2n) is 4.03. The number of hydrogen-bond acceptors (Lipinski definition) is 2. The van der Waals surface area contributed by atoms with Gasteiger partial charge >= 0.3 is 0 Å². The van der Waals surface area contributed by atoms with E-state index in [0.717, 1.165) is 25.5 Å². The SMILES string of the molecule is CCCCOCCN=C(NCC)NC(C)C.I. The van der Waals surface area contributed by atoms with Crippen LogP contribution in [0, 0.1) is 0 Å². The molecule has 0 saturated carbocycles. The second-order valence-corrected chi connectivity index (χ2v) is 4.03. The van der Waals surface area contributed by atoms with Crippen LogP contribution in [0.4, 0.5) is 0 Å². The van der Waals surface area contributed by atoms with Gasteiger partial charge in [0.1, 0.15) is 0 Å². The number of nitrogens with zero attached hydrogens (tertiary/aromatic N) is 1. The summed E-state index contributed by atoms with van der Waals surface area (Å²) >= 11 is 0. The van der Waals surface area contributed by atoms with Crippen molar-refractivity contribution in [1.82, 2.24) is 10.6 Å². The molecule has 0 radical (unpaired) electrons. The van der Waals surface area contributed by atoms with Crippen molar-refractivity contribution in [3.8, 4) is 0 Å². The Labute approximate surface area is 123 Å². The molecule has 0 spiro atoms. The lowest BCUT2D eigenvalue weighted by Gasteiger charge is -2.13. The van der Waals surface area contributed by atoms with E-state index in [1.807, 2.05) is 0 Å². The molecule has 0 aliphatic carbocycles. The third-order valence-corrected chi connectivity index (χ3v) is 1.92. The summed E-state index contributed by atoms with van der Waals surface area (Å²) in [5.74, 6) is 0.872. The molecule has 0 aromatic heterocycles. The van der Waals surface area contributed by atoms with Gasteiger partial charge in [0.05, 0.1) is 13.2 Å². The van der Waals surface area contributed by atoms with Crippen LogP contribution < -0.4 is 10.6 Å². The van der Waals surface area contributed by atoms with E-state index in [0.29, 0.717) is 19.2 Å². The van der Waals surface area contributed by atoms with Crippen molar-refractivity contribution in [2.24, 2.45) is 4.99 Å². The quantitative estimate of drug-likeness (QED) is 0.304. The molecule has 0 aromatic carbocycles. The number of halogens is 1. The van der Waals surface area contributed by atoms with E-state index in [1.165, 1.54) is 6.42 Å². The van der Waals surface area contributed by atoms with Crippen molar-refractivity contribution >= 4 is 29.9 Å². The van der Waals surface area contributed by atoms with Crippen LogP contribution in [0.25, 0.3) is 0 Å². The molecule has 0 bridgehead atoms. The van der Waals surface area contributed by atoms with E-state index in [2.05, 4.69) is 43.3 Å². The minimum atomic E-state index is 0. The standard InChI is InChI=1S/C12H27N3O.HI/c1-5-7-9-16-10-8-14-12(13-6-2)15-11(3)4;/h11H,5-10H2,1-4H3,(H2,13,14,15);1H. The topological polar surface area (TPSA) is 45.6 Å². The van der Waals surface area contributed by atoms with Crippen LogP contribution >= 0.6 is 24.0 Å². The first kappa shape index (κ1) is 19.3. The van der Waals surface area contributed by atoms with Gasteiger partial charge in [-0.25, -0.2) is 0 Å². The second kappa shape index (κ2) is 14.0. The van der Waals surface area contributed by atoms with Crippen LogP contribution in [0.2, 0.25) is 0 Å². The van der Waals surface area contributed by atoms with Crippen LogP contribution in [-0.2, 0) is 4.74 Å². The number of aliphatic imine (C=N–C) groups is 1. The smallest absolute Gasteiger partial charge is 0.191 e. The molecule has 0 heterocycles. The number of nitrogens with one attached hydrogen (secondary N) is 2. The summed E-state index contributed by atoms with van der Waals surface area (Å²) in [6.45, 7) is 11.6. The van der Waals surface area contributed by atoms with Gasteiger partial charge in [-0.05, 0) is 27.2 Å². The molecule has 0 rings (SSSR count). The summed E-state index contributed by atoms with van der Waals surface area (Å²) in [6.07, 6.45) is 2.31. The molecule has 0 fully saturated rings. The van der Waals surface area contributed by atoms with Crippen molar-refractivity contribution in [2.45, 2.75) is 46.6 Å².